The molecular weight excluding hydrogens is 344 g/mol. The van der Waals surface area contributed by atoms with Crippen molar-refractivity contribution in [3.8, 4) is 11.5 Å². The van der Waals surface area contributed by atoms with Crippen LogP contribution in [0.4, 0.5) is 0 Å². The smallest absolute Gasteiger partial charge is 0.253 e. The normalized spacial score (nSPS) is 15.0. The number of piperidine rings is 1. The minimum absolute atomic E-state index is 0.00955. The summed E-state index contributed by atoms with van der Waals surface area (Å²) in [4.78, 5) is 28.4. The largest absolute Gasteiger partial charge is 0.493 e. The van der Waals surface area contributed by atoms with Crippen LogP contribution in [0.2, 0.25) is 0 Å². The fourth-order valence-electron chi connectivity index (χ4n) is 3.20. The summed E-state index contributed by atoms with van der Waals surface area (Å²) >= 11 is 0. The Hall–Kier alpha value is -2.24. The fourth-order valence-corrected chi connectivity index (χ4v) is 3.20. The Morgan fingerprint density at radius 2 is 1.85 bits per heavy atom. The zero-order chi connectivity index (χ0) is 20.0. The van der Waals surface area contributed by atoms with Crippen LogP contribution in [0.15, 0.2) is 18.2 Å². The summed E-state index contributed by atoms with van der Waals surface area (Å²) in [6.45, 7) is 6.11. The molecule has 0 bridgehead atoms. The standard InChI is InChI=1S/C21H32N2O4/c1-15(2)10-13-27-18-7-6-17(14-19(18)26-5)21(25)23-11-8-16(9-12-23)20(24)22(3)4/h6-7,14-16H,8-13H2,1-5H3. The lowest BCUT2D eigenvalue weighted by Gasteiger charge is -2.32. The number of benzene rings is 1. The molecule has 0 aliphatic carbocycles. The van der Waals surface area contributed by atoms with Crippen molar-refractivity contribution in [2.24, 2.45) is 11.8 Å². The lowest BCUT2D eigenvalue weighted by atomic mass is 9.95. The van der Waals surface area contributed by atoms with E-state index in [9.17, 15) is 9.59 Å². The number of amides is 2. The van der Waals surface area contributed by atoms with Crippen LogP contribution in [0.3, 0.4) is 0 Å². The van der Waals surface area contributed by atoms with Crippen molar-refractivity contribution in [3.63, 3.8) is 0 Å². The van der Waals surface area contributed by atoms with Gasteiger partial charge in [0.25, 0.3) is 5.91 Å². The zero-order valence-corrected chi connectivity index (χ0v) is 17.2. The van der Waals surface area contributed by atoms with E-state index in [4.69, 9.17) is 9.47 Å². The molecule has 2 rings (SSSR count). The van der Waals surface area contributed by atoms with Gasteiger partial charge in [-0.2, -0.15) is 0 Å². The van der Waals surface area contributed by atoms with Gasteiger partial charge in [0.15, 0.2) is 11.5 Å². The molecule has 2 amide bonds. The molecular formula is C21H32N2O4. The Morgan fingerprint density at radius 1 is 1.19 bits per heavy atom. The Morgan fingerprint density at radius 3 is 2.41 bits per heavy atom. The molecule has 1 aliphatic heterocycles. The van der Waals surface area contributed by atoms with E-state index < -0.39 is 0 Å². The highest BCUT2D eigenvalue weighted by Gasteiger charge is 2.29. The number of ether oxygens (including phenoxy) is 2. The average Bonchev–Trinajstić information content (AvgIpc) is 2.66. The second kappa shape index (κ2) is 9.62. The second-order valence-electron chi connectivity index (χ2n) is 7.70. The highest BCUT2D eigenvalue weighted by molar-refractivity contribution is 5.95. The molecule has 0 saturated carbocycles. The summed E-state index contributed by atoms with van der Waals surface area (Å²) in [6, 6.07) is 5.32. The molecule has 27 heavy (non-hydrogen) atoms. The van der Waals surface area contributed by atoms with E-state index >= 15 is 0 Å². The van der Waals surface area contributed by atoms with Crippen LogP contribution < -0.4 is 9.47 Å². The lowest BCUT2D eigenvalue weighted by molar-refractivity contribution is -0.134. The molecule has 0 unspecified atom stereocenters. The number of methoxy groups -OCH3 is 1. The van der Waals surface area contributed by atoms with Gasteiger partial charge in [-0.25, -0.2) is 0 Å². The molecule has 1 aromatic rings. The molecule has 1 fully saturated rings. The maximum Gasteiger partial charge on any atom is 0.253 e. The minimum Gasteiger partial charge on any atom is -0.493 e. The van der Waals surface area contributed by atoms with Gasteiger partial charge in [-0.15, -0.1) is 0 Å². The van der Waals surface area contributed by atoms with Crippen LogP contribution in [0.1, 0.15) is 43.5 Å². The van der Waals surface area contributed by atoms with Gasteiger partial charge in [0.2, 0.25) is 5.91 Å². The molecule has 0 aromatic heterocycles. The summed E-state index contributed by atoms with van der Waals surface area (Å²) in [5.41, 5.74) is 0.584. The molecule has 1 aliphatic rings. The number of carbonyl (C=O) groups excluding carboxylic acids is 2. The highest BCUT2D eigenvalue weighted by Crippen LogP contribution is 2.29. The summed E-state index contributed by atoms with van der Waals surface area (Å²) in [5.74, 6) is 1.92. The molecule has 0 spiro atoms. The van der Waals surface area contributed by atoms with Gasteiger partial charge in [0.1, 0.15) is 0 Å². The minimum atomic E-state index is -0.0298. The van der Waals surface area contributed by atoms with Gasteiger partial charge in [-0.3, -0.25) is 9.59 Å². The predicted molar refractivity (Wildman–Crippen MR) is 105 cm³/mol. The van der Waals surface area contributed by atoms with Gasteiger partial charge in [0, 0.05) is 38.7 Å². The zero-order valence-electron chi connectivity index (χ0n) is 17.2. The monoisotopic (exact) mass is 376 g/mol. The van der Waals surface area contributed by atoms with Crippen molar-refractivity contribution in [1.82, 2.24) is 9.80 Å². The van der Waals surface area contributed by atoms with E-state index in [1.54, 1.807) is 44.3 Å². The first-order valence-corrected chi connectivity index (χ1v) is 9.64. The molecule has 150 valence electrons. The van der Waals surface area contributed by atoms with Gasteiger partial charge in [-0.05, 0) is 43.4 Å². The number of carbonyl (C=O) groups is 2. The summed E-state index contributed by atoms with van der Waals surface area (Å²) in [7, 11) is 5.13. The SMILES string of the molecule is COc1cc(C(=O)N2CCC(C(=O)N(C)C)CC2)ccc1OCCC(C)C. The quantitative estimate of drug-likeness (QED) is 0.734. The number of nitrogens with zero attached hydrogens (tertiary/aromatic N) is 2. The first kappa shape index (κ1) is 21.1. The molecule has 1 heterocycles. The predicted octanol–water partition coefficient (Wildman–Crippen LogP) is 3.06. The molecule has 1 saturated heterocycles. The Bertz CT molecular complexity index is 650. The number of likely N-dealkylation sites (tertiary alicyclic amines) is 1. The Balaban J connectivity index is 1.99. The maximum absolute atomic E-state index is 12.8. The van der Waals surface area contributed by atoms with Crippen LogP contribution in [0.5, 0.6) is 11.5 Å². The average molecular weight is 376 g/mol. The summed E-state index contributed by atoms with van der Waals surface area (Å²) in [5, 5.41) is 0. The van der Waals surface area contributed by atoms with Crippen LogP contribution in [-0.2, 0) is 4.79 Å². The van der Waals surface area contributed by atoms with Crippen LogP contribution in [-0.4, -0.2) is 62.5 Å². The third-order valence-corrected chi connectivity index (χ3v) is 4.94. The molecule has 0 atom stereocenters. The fraction of sp³-hybridized carbons (Fsp3) is 0.619. The van der Waals surface area contributed by atoms with Crippen LogP contribution >= 0.6 is 0 Å². The van der Waals surface area contributed by atoms with E-state index in [0.717, 1.165) is 6.42 Å². The van der Waals surface area contributed by atoms with Crippen molar-refractivity contribution in [2.75, 3.05) is 40.9 Å². The lowest BCUT2D eigenvalue weighted by Crippen LogP contribution is -2.42. The summed E-state index contributed by atoms with van der Waals surface area (Å²) < 4.78 is 11.2. The van der Waals surface area contributed by atoms with Crippen molar-refractivity contribution >= 4 is 11.8 Å². The van der Waals surface area contributed by atoms with E-state index in [1.165, 1.54) is 0 Å². The maximum atomic E-state index is 12.8. The third-order valence-electron chi connectivity index (χ3n) is 4.94. The topological polar surface area (TPSA) is 59.1 Å². The van der Waals surface area contributed by atoms with Crippen molar-refractivity contribution < 1.29 is 19.1 Å². The van der Waals surface area contributed by atoms with Gasteiger partial charge in [0.05, 0.1) is 13.7 Å². The van der Waals surface area contributed by atoms with Crippen molar-refractivity contribution in [3.05, 3.63) is 23.8 Å². The number of hydrogen-bond acceptors (Lipinski definition) is 4. The summed E-state index contributed by atoms with van der Waals surface area (Å²) in [6.07, 6.45) is 2.37. The third kappa shape index (κ3) is 5.62. The van der Waals surface area contributed by atoms with Crippen molar-refractivity contribution in [1.29, 1.82) is 0 Å². The van der Waals surface area contributed by atoms with Gasteiger partial charge < -0.3 is 19.3 Å². The molecule has 1 aromatic carbocycles. The van der Waals surface area contributed by atoms with E-state index in [-0.39, 0.29) is 17.7 Å². The molecule has 0 N–H and O–H groups in total. The Labute approximate surface area is 162 Å². The highest BCUT2D eigenvalue weighted by atomic mass is 16.5. The van der Waals surface area contributed by atoms with Crippen LogP contribution in [0.25, 0.3) is 0 Å². The van der Waals surface area contributed by atoms with Crippen molar-refractivity contribution in [2.45, 2.75) is 33.1 Å². The van der Waals surface area contributed by atoms with Crippen LogP contribution in [0, 0.1) is 11.8 Å². The van der Waals surface area contributed by atoms with E-state index in [1.807, 2.05) is 4.90 Å². The molecule has 6 heteroatoms. The molecule has 6 nitrogen and oxygen atoms in total. The number of hydrogen-bond donors (Lipinski definition) is 0. The van der Waals surface area contributed by atoms with E-state index in [0.29, 0.717) is 55.5 Å². The Kier molecular flexibility index (Phi) is 7.51. The number of rotatable bonds is 7. The van der Waals surface area contributed by atoms with Gasteiger partial charge >= 0.3 is 0 Å². The first-order valence-electron chi connectivity index (χ1n) is 9.64. The van der Waals surface area contributed by atoms with Gasteiger partial charge in [-0.1, -0.05) is 13.8 Å². The molecule has 0 radical (unpaired) electrons. The van der Waals surface area contributed by atoms with E-state index in [2.05, 4.69) is 13.8 Å². The second-order valence-corrected chi connectivity index (χ2v) is 7.70. The first-order chi connectivity index (χ1) is 12.8.